The number of nitrogens with zero attached hydrogens (tertiary/aromatic N) is 2. The molecular formula is C25H20N2O5S2. The van der Waals surface area contributed by atoms with Gasteiger partial charge in [-0.3, -0.25) is 19.3 Å². The van der Waals surface area contributed by atoms with Gasteiger partial charge in [0.05, 0.1) is 29.2 Å². The molecule has 172 valence electrons. The number of thioether (sulfide) groups is 1. The molecule has 2 aromatic rings. The summed E-state index contributed by atoms with van der Waals surface area (Å²) in [6.07, 6.45) is 5.09. The van der Waals surface area contributed by atoms with Crippen LogP contribution < -0.4 is 4.90 Å². The number of rotatable bonds is 6. The first-order chi connectivity index (χ1) is 16.4. The third-order valence-corrected chi connectivity index (χ3v) is 6.58. The van der Waals surface area contributed by atoms with Crippen molar-refractivity contribution in [2.45, 2.75) is 19.4 Å². The highest BCUT2D eigenvalue weighted by Crippen LogP contribution is 2.36. The fourth-order valence-electron chi connectivity index (χ4n) is 3.62. The second kappa shape index (κ2) is 10.1. The predicted octanol–water partition coefficient (Wildman–Crippen LogP) is 3.95. The number of amides is 3. The molecule has 0 saturated carbocycles. The van der Waals surface area contributed by atoms with Crippen molar-refractivity contribution < 1.29 is 23.9 Å². The molecule has 34 heavy (non-hydrogen) atoms. The molecule has 0 bridgehead atoms. The number of carbonyl (C=O) groups is 4. The second-order valence-electron chi connectivity index (χ2n) is 7.40. The third kappa shape index (κ3) is 4.71. The number of allylic oxidation sites excluding steroid dienone is 2. The van der Waals surface area contributed by atoms with Crippen LogP contribution in [0, 0.1) is 0 Å². The molecule has 2 aliphatic rings. The first-order valence-corrected chi connectivity index (χ1v) is 11.8. The minimum absolute atomic E-state index is 0.169. The lowest BCUT2D eigenvalue weighted by atomic mass is 10.2. The molecule has 0 radical (unpaired) electrons. The first kappa shape index (κ1) is 23.6. The Balaban J connectivity index is 1.50. The first-order valence-electron chi connectivity index (χ1n) is 10.5. The summed E-state index contributed by atoms with van der Waals surface area (Å²) in [4.78, 5) is 53.3. The van der Waals surface area contributed by atoms with Crippen molar-refractivity contribution in [1.82, 2.24) is 4.90 Å². The van der Waals surface area contributed by atoms with Gasteiger partial charge in [-0.25, -0.2) is 9.69 Å². The quantitative estimate of drug-likeness (QED) is 0.261. The number of esters is 1. The topological polar surface area (TPSA) is 84.0 Å². The number of anilines is 1. The predicted molar refractivity (Wildman–Crippen MR) is 134 cm³/mol. The number of hydrogen-bond donors (Lipinski definition) is 0. The van der Waals surface area contributed by atoms with E-state index in [4.69, 9.17) is 17.0 Å². The third-order valence-electron chi connectivity index (χ3n) is 5.23. The Morgan fingerprint density at radius 2 is 1.82 bits per heavy atom. The van der Waals surface area contributed by atoms with Gasteiger partial charge in [0.25, 0.3) is 11.8 Å². The van der Waals surface area contributed by atoms with E-state index >= 15 is 0 Å². The zero-order chi connectivity index (χ0) is 24.2. The average Bonchev–Trinajstić information content (AvgIpc) is 3.28. The van der Waals surface area contributed by atoms with Gasteiger partial charge in [-0.1, -0.05) is 66.5 Å². The normalized spacial score (nSPS) is 19.7. The SMILES string of the molecule is CCOC(=O)c1ccc(N2C(=O)CC(N3C(=O)/C(=C/C=C/c4ccccc4)SC3=S)C2=O)cc1. The molecule has 7 nitrogen and oxygen atoms in total. The largest absolute Gasteiger partial charge is 0.462 e. The fraction of sp³-hybridized carbons (Fsp3) is 0.160. The highest BCUT2D eigenvalue weighted by atomic mass is 32.2. The maximum Gasteiger partial charge on any atom is 0.338 e. The summed E-state index contributed by atoms with van der Waals surface area (Å²) in [6.45, 7) is 1.95. The summed E-state index contributed by atoms with van der Waals surface area (Å²) < 4.78 is 5.18. The van der Waals surface area contributed by atoms with Crippen molar-refractivity contribution in [2.75, 3.05) is 11.5 Å². The smallest absolute Gasteiger partial charge is 0.338 e. The van der Waals surface area contributed by atoms with Gasteiger partial charge in [0.1, 0.15) is 10.4 Å². The fourth-order valence-corrected chi connectivity index (χ4v) is 4.93. The Kier molecular flexibility index (Phi) is 7.04. The lowest BCUT2D eigenvalue weighted by Crippen LogP contribution is -2.44. The molecule has 2 fully saturated rings. The van der Waals surface area contributed by atoms with Crippen LogP contribution in [0.4, 0.5) is 5.69 Å². The molecule has 0 aromatic heterocycles. The molecule has 0 N–H and O–H groups in total. The number of ether oxygens (including phenoxy) is 1. The van der Waals surface area contributed by atoms with E-state index in [0.717, 1.165) is 22.2 Å². The average molecular weight is 493 g/mol. The van der Waals surface area contributed by atoms with Crippen molar-refractivity contribution in [3.05, 3.63) is 82.8 Å². The van der Waals surface area contributed by atoms with Gasteiger partial charge in [-0.15, -0.1) is 0 Å². The van der Waals surface area contributed by atoms with Crippen LogP contribution in [0.3, 0.4) is 0 Å². The zero-order valence-electron chi connectivity index (χ0n) is 18.2. The minimum Gasteiger partial charge on any atom is -0.462 e. The molecule has 3 amide bonds. The molecule has 9 heteroatoms. The van der Waals surface area contributed by atoms with E-state index in [0.29, 0.717) is 16.2 Å². The second-order valence-corrected chi connectivity index (χ2v) is 9.07. The van der Waals surface area contributed by atoms with Crippen LogP contribution in [0.1, 0.15) is 29.3 Å². The van der Waals surface area contributed by atoms with Gasteiger partial charge in [-0.05, 0) is 42.8 Å². The van der Waals surface area contributed by atoms with Crippen molar-refractivity contribution in [3.8, 4) is 0 Å². The monoisotopic (exact) mass is 492 g/mol. The summed E-state index contributed by atoms with van der Waals surface area (Å²) in [6, 6.07) is 14.6. The lowest BCUT2D eigenvalue weighted by molar-refractivity contribution is -0.130. The van der Waals surface area contributed by atoms with Crippen molar-refractivity contribution in [2.24, 2.45) is 0 Å². The highest BCUT2D eigenvalue weighted by Gasteiger charge is 2.48. The van der Waals surface area contributed by atoms with Gasteiger partial charge >= 0.3 is 5.97 Å². The molecule has 1 unspecified atom stereocenters. The van der Waals surface area contributed by atoms with Crippen molar-refractivity contribution in [1.29, 1.82) is 0 Å². The van der Waals surface area contributed by atoms with E-state index in [9.17, 15) is 19.2 Å². The van der Waals surface area contributed by atoms with Crippen molar-refractivity contribution >= 4 is 63.8 Å². The van der Waals surface area contributed by atoms with Crippen LogP contribution in [0.5, 0.6) is 0 Å². The van der Waals surface area contributed by atoms with Crippen molar-refractivity contribution in [3.63, 3.8) is 0 Å². The zero-order valence-corrected chi connectivity index (χ0v) is 19.8. The Labute approximate surface area is 206 Å². The van der Waals surface area contributed by atoms with E-state index in [-0.39, 0.29) is 17.3 Å². The molecule has 0 spiro atoms. The Bertz CT molecular complexity index is 1220. The minimum atomic E-state index is -1.01. The number of imide groups is 1. The molecule has 2 saturated heterocycles. The Morgan fingerprint density at radius 1 is 1.12 bits per heavy atom. The van der Waals surface area contributed by atoms with E-state index in [1.54, 1.807) is 19.1 Å². The van der Waals surface area contributed by atoms with Crippen LogP contribution >= 0.6 is 24.0 Å². The van der Waals surface area contributed by atoms with Gasteiger partial charge in [0.2, 0.25) is 5.91 Å². The van der Waals surface area contributed by atoms with Crippen LogP contribution in [0.25, 0.3) is 6.08 Å². The van der Waals surface area contributed by atoms with Gasteiger partial charge in [-0.2, -0.15) is 0 Å². The number of hydrogen-bond acceptors (Lipinski definition) is 7. The number of benzene rings is 2. The number of thiocarbonyl (C=S) groups is 1. The van der Waals surface area contributed by atoms with E-state index in [1.807, 2.05) is 36.4 Å². The molecule has 0 aliphatic carbocycles. The van der Waals surface area contributed by atoms with Gasteiger partial charge in [0, 0.05) is 0 Å². The Hall–Kier alpha value is -3.56. The lowest BCUT2D eigenvalue weighted by Gasteiger charge is -2.21. The van der Waals surface area contributed by atoms with Crippen LogP contribution in [-0.2, 0) is 19.1 Å². The summed E-state index contributed by atoms with van der Waals surface area (Å²) in [5.41, 5.74) is 1.61. The molecule has 2 aliphatic heterocycles. The van der Waals surface area contributed by atoms with Crippen LogP contribution in [-0.4, -0.2) is 45.6 Å². The molecule has 1 atom stereocenters. The maximum atomic E-state index is 13.1. The highest BCUT2D eigenvalue weighted by molar-refractivity contribution is 8.26. The standard InChI is InChI=1S/C25H20N2O5S2/c1-2-32-24(31)17-11-13-18(14-12-17)26-21(28)15-19(22(26)29)27-23(30)20(34-25(27)33)10-6-9-16-7-4-3-5-8-16/h3-14,19H,2,15H2,1H3/b9-6+,20-10-. The summed E-state index contributed by atoms with van der Waals surface area (Å²) in [5.74, 6) is -1.87. The molecular weight excluding hydrogens is 472 g/mol. The summed E-state index contributed by atoms with van der Waals surface area (Å²) >= 11 is 6.46. The van der Waals surface area contributed by atoms with E-state index in [2.05, 4.69) is 0 Å². The van der Waals surface area contributed by atoms with Crippen LogP contribution in [0.2, 0.25) is 0 Å². The molecule has 2 aromatic carbocycles. The number of carbonyl (C=O) groups excluding carboxylic acids is 4. The Morgan fingerprint density at radius 3 is 2.50 bits per heavy atom. The van der Waals surface area contributed by atoms with Gasteiger partial charge in [0.15, 0.2) is 0 Å². The summed E-state index contributed by atoms with van der Waals surface area (Å²) in [7, 11) is 0. The molecule has 4 rings (SSSR count). The maximum absolute atomic E-state index is 13.1. The summed E-state index contributed by atoms with van der Waals surface area (Å²) in [5, 5.41) is 0. The molecule has 2 heterocycles. The van der Waals surface area contributed by atoms with E-state index < -0.39 is 29.7 Å². The van der Waals surface area contributed by atoms with Crippen LogP contribution in [0.15, 0.2) is 71.7 Å². The van der Waals surface area contributed by atoms with E-state index in [1.165, 1.54) is 29.2 Å². The van der Waals surface area contributed by atoms with Gasteiger partial charge < -0.3 is 4.74 Å².